The summed E-state index contributed by atoms with van der Waals surface area (Å²) in [6, 6.07) is 5.62. The minimum absolute atomic E-state index is 0.446. The molecule has 0 saturated heterocycles. The fourth-order valence-electron chi connectivity index (χ4n) is 1.20. The molecule has 1 aromatic heterocycles. The number of anilines is 1. The molecule has 0 aliphatic rings. The first-order valence-electron chi connectivity index (χ1n) is 5.17. The van der Waals surface area contributed by atoms with Crippen molar-refractivity contribution < 1.29 is 0 Å². The Kier molecular flexibility index (Phi) is 5.20. The largest absolute Gasteiger partial charge is 0.384 e. The van der Waals surface area contributed by atoms with Crippen LogP contribution in [-0.2, 0) is 0 Å². The predicted octanol–water partition coefficient (Wildman–Crippen LogP) is 1.36. The predicted molar refractivity (Wildman–Crippen MR) is 60.6 cm³/mol. The van der Waals surface area contributed by atoms with Crippen LogP contribution in [-0.4, -0.2) is 24.6 Å². The van der Waals surface area contributed by atoms with Crippen LogP contribution in [0.1, 0.15) is 19.0 Å². The van der Waals surface area contributed by atoms with Crippen molar-refractivity contribution in [1.29, 1.82) is 5.26 Å². The maximum atomic E-state index is 8.65. The number of nitriles is 1. The minimum atomic E-state index is 0.446. The average Bonchev–Trinajstić information content (AvgIpc) is 2.29. The molecule has 0 radical (unpaired) electrons. The molecule has 0 unspecified atom stereocenters. The van der Waals surface area contributed by atoms with Crippen molar-refractivity contribution in [3.8, 4) is 6.07 Å². The first kappa shape index (κ1) is 11.5. The molecule has 0 amide bonds. The van der Waals surface area contributed by atoms with Crippen molar-refractivity contribution in [1.82, 2.24) is 10.3 Å². The van der Waals surface area contributed by atoms with E-state index in [0.717, 1.165) is 31.7 Å². The van der Waals surface area contributed by atoms with Crippen LogP contribution in [0.3, 0.4) is 0 Å². The van der Waals surface area contributed by atoms with Crippen LogP contribution in [0.5, 0.6) is 0 Å². The third-order valence-corrected chi connectivity index (χ3v) is 1.93. The average molecular weight is 204 g/mol. The Hall–Kier alpha value is -1.60. The van der Waals surface area contributed by atoms with Gasteiger partial charge < -0.3 is 10.6 Å². The summed E-state index contributed by atoms with van der Waals surface area (Å²) in [6.45, 7) is 4.97. The van der Waals surface area contributed by atoms with E-state index in [-0.39, 0.29) is 0 Å². The summed E-state index contributed by atoms with van der Waals surface area (Å²) < 4.78 is 0. The van der Waals surface area contributed by atoms with E-state index in [1.54, 1.807) is 12.3 Å². The second kappa shape index (κ2) is 6.80. The van der Waals surface area contributed by atoms with E-state index in [1.165, 1.54) is 0 Å². The molecule has 15 heavy (non-hydrogen) atoms. The highest BCUT2D eigenvalue weighted by Crippen LogP contribution is 2.05. The van der Waals surface area contributed by atoms with Crippen molar-refractivity contribution in [2.75, 3.05) is 25.0 Å². The Morgan fingerprint density at radius 3 is 3.00 bits per heavy atom. The van der Waals surface area contributed by atoms with Crippen molar-refractivity contribution >= 4 is 5.69 Å². The van der Waals surface area contributed by atoms with Crippen molar-refractivity contribution in [2.45, 2.75) is 13.3 Å². The molecule has 0 saturated carbocycles. The minimum Gasteiger partial charge on any atom is -0.384 e. The van der Waals surface area contributed by atoms with Gasteiger partial charge in [-0.2, -0.15) is 5.26 Å². The van der Waals surface area contributed by atoms with E-state index in [1.807, 2.05) is 12.1 Å². The zero-order valence-electron chi connectivity index (χ0n) is 8.95. The summed E-state index contributed by atoms with van der Waals surface area (Å²) in [5.41, 5.74) is 1.39. The highest BCUT2D eigenvalue weighted by Gasteiger charge is 1.94. The van der Waals surface area contributed by atoms with Gasteiger partial charge in [-0.15, -0.1) is 0 Å². The SMILES string of the molecule is CCCNCCNc1ccnc(C#N)c1. The molecule has 2 N–H and O–H groups in total. The summed E-state index contributed by atoms with van der Waals surface area (Å²) in [5, 5.41) is 15.2. The smallest absolute Gasteiger partial charge is 0.142 e. The molecule has 0 aliphatic carbocycles. The molecule has 0 aromatic carbocycles. The Labute approximate surface area is 90.3 Å². The van der Waals surface area contributed by atoms with Crippen molar-refractivity contribution in [3.63, 3.8) is 0 Å². The zero-order valence-corrected chi connectivity index (χ0v) is 8.95. The molecule has 1 rings (SSSR count). The topological polar surface area (TPSA) is 60.7 Å². The first-order valence-corrected chi connectivity index (χ1v) is 5.17. The van der Waals surface area contributed by atoms with Crippen molar-refractivity contribution in [3.05, 3.63) is 24.0 Å². The van der Waals surface area contributed by atoms with Gasteiger partial charge in [0.2, 0.25) is 0 Å². The number of hydrogen-bond acceptors (Lipinski definition) is 4. The van der Waals surface area contributed by atoms with E-state index in [9.17, 15) is 0 Å². The van der Waals surface area contributed by atoms with Gasteiger partial charge in [0.15, 0.2) is 0 Å². The van der Waals surface area contributed by atoms with Gasteiger partial charge in [0, 0.05) is 25.0 Å². The van der Waals surface area contributed by atoms with Gasteiger partial charge in [0.25, 0.3) is 0 Å². The number of rotatable bonds is 6. The number of nitrogens with one attached hydrogen (secondary N) is 2. The number of hydrogen-bond donors (Lipinski definition) is 2. The molecular formula is C11H16N4. The van der Waals surface area contributed by atoms with Crippen molar-refractivity contribution in [2.24, 2.45) is 0 Å². The number of pyridine rings is 1. The Morgan fingerprint density at radius 1 is 1.40 bits per heavy atom. The van der Waals surface area contributed by atoms with Gasteiger partial charge in [-0.25, -0.2) is 4.98 Å². The molecule has 4 heteroatoms. The van der Waals surface area contributed by atoms with E-state index >= 15 is 0 Å². The van der Waals surface area contributed by atoms with Gasteiger partial charge in [-0.1, -0.05) is 6.92 Å². The maximum absolute atomic E-state index is 8.65. The molecule has 0 spiro atoms. The molecule has 1 aromatic rings. The Balaban J connectivity index is 2.28. The highest BCUT2D eigenvalue weighted by atomic mass is 14.9. The van der Waals surface area contributed by atoms with Crippen LogP contribution >= 0.6 is 0 Å². The zero-order chi connectivity index (χ0) is 10.9. The summed E-state index contributed by atoms with van der Waals surface area (Å²) in [7, 11) is 0. The molecule has 0 atom stereocenters. The lowest BCUT2D eigenvalue weighted by molar-refractivity contribution is 0.688. The highest BCUT2D eigenvalue weighted by molar-refractivity contribution is 5.45. The van der Waals surface area contributed by atoms with Gasteiger partial charge >= 0.3 is 0 Å². The molecule has 0 fully saturated rings. The van der Waals surface area contributed by atoms with E-state index < -0.39 is 0 Å². The van der Waals surface area contributed by atoms with E-state index in [2.05, 4.69) is 22.5 Å². The molecular weight excluding hydrogens is 188 g/mol. The lowest BCUT2D eigenvalue weighted by atomic mass is 10.3. The van der Waals surface area contributed by atoms with Gasteiger partial charge in [0.05, 0.1) is 0 Å². The summed E-state index contributed by atoms with van der Waals surface area (Å²) in [6.07, 6.45) is 2.79. The van der Waals surface area contributed by atoms with Crippen LogP contribution in [0.25, 0.3) is 0 Å². The van der Waals surface area contributed by atoms with Gasteiger partial charge in [0.1, 0.15) is 11.8 Å². The third kappa shape index (κ3) is 4.43. The van der Waals surface area contributed by atoms with Gasteiger partial charge in [-0.3, -0.25) is 0 Å². The van der Waals surface area contributed by atoms with Crippen LogP contribution in [0.2, 0.25) is 0 Å². The van der Waals surface area contributed by atoms with E-state index in [4.69, 9.17) is 5.26 Å². The second-order valence-corrected chi connectivity index (χ2v) is 3.22. The standard InChI is InChI=1S/C11H16N4/c1-2-4-13-6-7-15-10-3-5-14-11(8-10)9-12/h3,5,8,13H,2,4,6-7H2,1H3,(H,14,15). The summed E-state index contributed by atoms with van der Waals surface area (Å²) in [4.78, 5) is 3.90. The Morgan fingerprint density at radius 2 is 2.27 bits per heavy atom. The van der Waals surface area contributed by atoms with Crippen LogP contribution in [0.4, 0.5) is 5.69 Å². The maximum Gasteiger partial charge on any atom is 0.142 e. The molecule has 4 nitrogen and oxygen atoms in total. The Bertz CT molecular complexity index is 330. The first-order chi connectivity index (χ1) is 7.36. The van der Waals surface area contributed by atoms with Crippen LogP contribution in [0.15, 0.2) is 18.3 Å². The van der Waals surface area contributed by atoms with Gasteiger partial charge in [-0.05, 0) is 25.1 Å². The molecule has 0 aliphatic heterocycles. The quantitative estimate of drug-likeness (QED) is 0.687. The summed E-state index contributed by atoms with van der Waals surface area (Å²) >= 11 is 0. The number of aromatic nitrogens is 1. The monoisotopic (exact) mass is 204 g/mol. The summed E-state index contributed by atoms with van der Waals surface area (Å²) in [5.74, 6) is 0. The lowest BCUT2D eigenvalue weighted by Gasteiger charge is -2.06. The second-order valence-electron chi connectivity index (χ2n) is 3.22. The molecule has 0 bridgehead atoms. The van der Waals surface area contributed by atoms with Crippen LogP contribution < -0.4 is 10.6 Å². The molecule has 80 valence electrons. The lowest BCUT2D eigenvalue weighted by Crippen LogP contribution is -2.22. The number of nitrogens with zero attached hydrogens (tertiary/aromatic N) is 2. The normalized spacial score (nSPS) is 9.60. The third-order valence-electron chi connectivity index (χ3n) is 1.93. The molecule has 1 heterocycles. The fourth-order valence-corrected chi connectivity index (χ4v) is 1.20. The fraction of sp³-hybridized carbons (Fsp3) is 0.455. The van der Waals surface area contributed by atoms with Crippen LogP contribution in [0, 0.1) is 11.3 Å². The van der Waals surface area contributed by atoms with E-state index in [0.29, 0.717) is 5.69 Å².